The molecule has 7 heteroatoms. The van der Waals surface area contributed by atoms with Crippen molar-refractivity contribution in [3.05, 3.63) is 29.8 Å². The molecule has 0 aliphatic carbocycles. The molecule has 3 N–H and O–H groups in total. The number of nitrogens with one attached hydrogen (secondary N) is 1. The molecule has 5 nitrogen and oxygen atoms in total. The van der Waals surface area contributed by atoms with Crippen molar-refractivity contribution < 1.29 is 8.42 Å². The fourth-order valence-electron chi connectivity index (χ4n) is 2.17. The molecule has 1 aromatic rings. The van der Waals surface area contributed by atoms with Crippen molar-refractivity contribution in [1.82, 2.24) is 4.31 Å². The van der Waals surface area contributed by atoms with Crippen molar-refractivity contribution in [2.24, 2.45) is 11.7 Å². The summed E-state index contributed by atoms with van der Waals surface area (Å²) in [5.74, 6) is 0.583. The van der Waals surface area contributed by atoms with E-state index in [1.54, 1.807) is 24.3 Å². The number of piperidine rings is 1. The Kier molecular flexibility index (Phi) is 4.62. The molecule has 0 radical (unpaired) electrons. The van der Waals surface area contributed by atoms with Crippen LogP contribution in [0.4, 0.5) is 5.69 Å². The highest BCUT2D eigenvalue weighted by molar-refractivity contribution is 7.90. The topological polar surface area (TPSA) is 75.4 Å². The standard InChI is InChI=1S/C13H19N3O2S2/c1-10-5-7-16(8-6-10)20(17,18)15-12-4-2-3-11(9-12)13(14)19/h2-4,9-10,15H,5-8H2,1H3,(H2,14,19). The third kappa shape index (κ3) is 3.68. The predicted molar refractivity (Wildman–Crippen MR) is 84.8 cm³/mol. The monoisotopic (exact) mass is 313 g/mol. The van der Waals surface area contributed by atoms with Gasteiger partial charge in [-0.05, 0) is 30.9 Å². The highest BCUT2D eigenvalue weighted by atomic mass is 32.2. The normalized spacial score (nSPS) is 17.9. The molecule has 1 heterocycles. The Bertz CT molecular complexity index is 593. The number of benzene rings is 1. The number of hydrogen-bond donors (Lipinski definition) is 2. The van der Waals surface area contributed by atoms with E-state index >= 15 is 0 Å². The lowest BCUT2D eigenvalue weighted by atomic mass is 10.0. The van der Waals surface area contributed by atoms with Crippen LogP contribution >= 0.6 is 12.2 Å². The van der Waals surface area contributed by atoms with Crippen molar-refractivity contribution in [2.45, 2.75) is 19.8 Å². The zero-order chi connectivity index (χ0) is 14.8. The summed E-state index contributed by atoms with van der Waals surface area (Å²) in [6.07, 6.45) is 1.79. The molecular weight excluding hydrogens is 294 g/mol. The lowest BCUT2D eigenvalue weighted by molar-refractivity contribution is 0.289. The molecule has 1 aliphatic heterocycles. The average molecular weight is 313 g/mol. The van der Waals surface area contributed by atoms with Gasteiger partial charge in [-0.1, -0.05) is 31.3 Å². The van der Waals surface area contributed by atoms with Gasteiger partial charge in [0.2, 0.25) is 0 Å². The van der Waals surface area contributed by atoms with E-state index in [1.807, 2.05) is 0 Å². The van der Waals surface area contributed by atoms with E-state index in [0.717, 1.165) is 12.8 Å². The summed E-state index contributed by atoms with van der Waals surface area (Å²) in [6, 6.07) is 6.81. The van der Waals surface area contributed by atoms with E-state index in [9.17, 15) is 8.42 Å². The maximum absolute atomic E-state index is 12.3. The van der Waals surface area contributed by atoms with Crippen LogP contribution in [0.15, 0.2) is 24.3 Å². The van der Waals surface area contributed by atoms with Gasteiger partial charge in [-0.15, -0.1) is 0 Å². The molecule has 0 atom stereocenters. The third-order valence-electron chi connectivity index (χ3n) is 3.48. The highest BCUT2D eigenvalue weighted by Crippen LogP contribution is 2.20. The Hall–Kier alpha value is -1.18. The van der Waals surface area contributed by atoms with Crippen LogP contribution in [0.25, 0.3) is 0 Å². The second-order valence-electron chi connectivity index (χ2n) is 5.13. The molecular formula is C13H19N3O2S2. The van der Waals surface area contributed by atoms with Crippen molar-refractivity contribution >= 4 is 33.1 Å². The number of nitrogens with two attached hydrogens (primary N) is 1. The SMILES string of the molecule is CC1CCN(S(=O)(=O)Nc2cccc(C(N)=S)c2)CC1. The summed E-state index contributed by atoms with van der Waals surface area (Å²) in [7, 11) is -3.50. The molecule has 0 amide bonds. The number of anilines is 1. The predicted octanol–water partition coefficient (Wildman–Crippen LogP) is 1.71. The first-order chi connectivity index (χ1) is 9.38. The molecule has 1 aliphatic rings. The Morgan fingerprint density at radius 2 is 2.05 bits per heavy atom. The lowest BCUT2D eigenvalue weighted by Gasteiger charge is -2.29. The largest absolute Gasteiger partial charge is 0.389 e. The number of hydrogen-bond acceptors (Lipinski definition) is 3. The summed E-state index contributed by atoms with van der Waals surface area (Å²) in [5.41, 5.74) is 6.67. The number of thiocarbonyl (C=S) groups is 1. The van der Waals surface area contributed by atoms with E-state index in [1.165, 1.54) is 4.31 Å². The van der Waals surface area contributed by atoms with E-state index in [0.29, 0.717) is 30.3 Å². The summed E-state index contributed by atoms with van der Waals surface area (Å²) >= 11 is 4.89. The molecule has 0 spiro atoms. The Balaban J connectivity index is 2.12. The van der Waals surface area contributed by atoms with Crippen LogP contribution in [-0.2, 0) is 10.2 Å². The van der Waals surface area contributed by atoms with Crippen molar-refractivity contribution in [2.75, 3.05) is 17.8 Å². The maximum Gasteiger partial charge on any atom is 0.301 e. The molecule has 1 fully saturated rings. The Morgan fingerprint density at radius 3 is 2.65 bits per heavy atom. The fourth-order valence-corrected chi connectivity index (χ4v) is 3.55. The van der Waals surface area contributed by atoms with E-state index in [4.69, 9.17) is 18.0 Å². The van der Waals surface area contributed by atoms with Gasteiger partial charge in [0, 0.05) is 18.7 Å². The van der Waals surface area contributed by atoms with Crippen molar-refractivity contribution in [3.63, 3.8) is 0 Å². The first kappa shape index (κ1) is 15.2. The van der Waals surface area contributed by atoms with Crippen LogP contribution in [0, 0.1) is 5.92 Å². The molecule has 1 aromatic carbocycles. The van der Waals surface area contributed by atoms with Crippen LogP contribution in [0.3, 0.4) is 0 Å². The molecule has 1 saturated heterocycles. The van der Waals surface area contributed by atoms with E-state index in [-0.39, 0.29) is 4.99 Å². The van der Waals surface area contributed by atoms with Crippen molar-refractivity contribution in [3.8, 4) is 0 Å². The highest BCUT2D eigenvalue weighted by Gasteiger charge is 2.26. The zero-order valence-electron chi connectivity index (χ0n) is 11.4. The summed E-state index contributed by atoms with van der Waals surface area (Å²) in [4.78, 5) is 0.248. The molecule has 0 bridgehead atoms. The number of rotatable bonds is 4. The van der Waals surface area contributed by atoms with Crippen LogP contribution in [0.5, 0.6) is 0 Å². The summed E-state index contributed by atoms with van der Waals surface area (Å²) < 4.78 is 28.7. The van der Waals surface area contributed by atoms with Crippen LogP contribution in [-0.4, -0.2) is 30.8 Å². The van der Waals surface area contributed by atoms with Gasteiger partial charge in [0.1, 0.15) is 4.99 Å². The van der Waals surface area contributed by atoms with Gasteiger partial charge < -0.3 is 5.73 Å². The van der Waals surface area contributed by atoms with E-state index in [2.05, 4.69) is 11.6 Å². The lowest BCUT2D eigenvalue weighted by Crippen LogP contribution is -2.41. The molecule has 0 aromatic heterocycles. The third-order valence-corrected chi connectivity index (χ3v) is 5.25. The average Bonchev–Trinajstić information content (AvgIpc) is 2.39. The minimum atomic E-state index is -3.50. The van der Waals surface area contributed by atoms with Crippen LogP contribution < -0.4 is 10.5 Å². The number of nitrogens with zero attached hydrogens (tertiary/aromatic N) is 1. The first-order valence-corrected chi connectivity index (χ1v) is 8.41. The zero-order valence-corrected chi connectivity index (χ0v) is 13.0. The molecule has 20 heavy (non-hydrogen) atoms. The van der Waals surface area contributed by atoms with Gasteiger partial charge in [-0.25, -0.2) is 0 Å². The van der Waals surface area contributed by atoms with Gasteiger partial charge >= 0.3 is 10.2 Å². The minimum absolute atomic E-state index is 0.248. The first-order valence-electron chi connectivity index (χ1n) is 6.56. The maximum atomic E-state index is 12.3. The van der Waals surface area contributed by atoms with Crippen LogP contribution in [0.2, 0.25) is 0 Å². The van der Waals surface area contributed by atoms with Crippen LogP contribution in [0.1, 0.15) is 25.3 Å². The second-order valence-corrected chi connectivity index (χ2v) is 7.24. The van der Waals surface area contributed by atoms with Crippen molar-refractivity contribution in [1.29, 1.82) is 0 Å². The quantitative estimate of drug-likeness (QED) is 0.830. The van der Waals surface area contributed by atoms with Gasteiger partial charge in [0.25, 0.3) is 0 Å². The van der Waals surface area contributed by atoms with Gasteiger partial charge in [0.05, 0.1) is 5.69 Å². The van der Waals surface area contributed by atoms with Gasteiger partial charge in [-0.2, -0.15) is 12.7 Å². The molecule has 2 rings (SSSR count). The smallest absolute Gasteiger partial charge is 0.301 e. The Morgan fingerprint density at radius 1 is 1.40 bits per heavy atom. The Labute approximate surface area is 125 Å². The second kappa shape index (κ2) is 6.07. The molecule has 0 unspecified atom stereocenters. The van der Waals surface area contributed by atoms with Gasteiger partial charge in [0.15, 0.2) is 0 Å². The summed E-state index contributed by atoms with van der Waals surface area (Å²) in [5, 5.41) is 0. The summed E-state index contributed by atoms with van der Waals surface area (Å²) in [6.45, 7) is 3.26. The molecule has 0 saturated carbocycles. The molecule has 110 valence electrons. The van der Waals surface area contributed by atoms with Gasteiger partial charge in [-0.3, -0.25) is 4.72 Å². The fraction of sp³-hybridized carbons (Fsp3) is 0.462. The minimum Gasteiger partial charge on any atom is -0.389 e. The van der Waals surface area contributed by atoms with E-state index < -0.39 is 10.2 Å².